The van der Waals surface area contributed by atoms with Crippen molar-refractivity contribution in [3.05, 3.63) is 28.6 Å². The smallest absolute Gasteiger partial charge is 0.175 e. The second-order valence-corrected chi connectivity index (χ2v) is 5.35. The number of hydrogen-bond donors (Lipinski definition) is 2. The van der Waals surface area contributed by atoms with Crippen LogP contribution in [-0.2, 0) is 6.54 Å². The molecule has 0 atom stereocenters. The topological polar surface area (TPSA) is 59.2 Å². The van der Waals surface area contributed by atoms with E-state index in [9.17, 15) is 0 Å². The van der Waals surface area contributed by atoms with E-state index < -0.39 is 0 Å². The summed E-state index contributed by atoms with van der Waals surface area (Å²) in [6.45, 7) is 2.11. The fourth-order valence-corrected chi connectivity index (χ4v) is 2.65. The van der Waals surface area contributed by atoms with Crippen molar-refractivity contribution in [3.8, 4) is 22.8 Å². The van der Waals surface area contributed by atoms with Crippen LogP contribution in [0.2, 0.25) is 0 Å². The van der Waals surface area contributed by atoms with E-state index in [4.69, 9.17) is 9.47 Å². The van der Waals surface area contributed by atoms with Crippen molar-refractivity contribution in [1.29, 1.82) is 0 Å². The number of ether oxygens (including phenoxy) is 2. The Morgan fingerprint density at radius 2 is 2.10 bits per heavy atom. The Morgan fingerprint density at radius 3 is 2.90 bits per heavy atom. The minimum atomic E-state index is 0.685. The number of hydrogen-bond acceptors (Lipinski definition) is 4. The van der Waals surface area contributed by atoms with Gasteiger partial charge in [0.2, 0.25) is 0 Å². The van der Waals surface area contributed by atoms with Crippen LogP contribution in [0.3, 0.4) is 0 Å². The Kier molecular flexibility index (Phi) is 3.93. The molecule has 6 heteroatoms. The molecular formula is C14H16BrN3O2. The zero-order chi connectivity index (χ0) is 13.9. The molecule has 20 heavy (non-hydrogen) atoms. The van der Waals surface area contributed by atoms with Crippen LogP contribution < -0.4 is 14.8 Å². The summed E-state index contributed by atoms with van der Waals surface area (Å²) in [5.74, 6) is 1.59. The van der Waals surface area contributed by atoms with Crippen molar-refractivity contribution in [1.82, 2.24) is 15.3 Å². The molecule has 3 rings (SSSR count). The predicted molar refractivity (Wildman–Crippen MR) is 80.1 cm³/mol. The van der Waals surface area contributed by atoms with Gasteiger partial charge in [-0.1, -0.05) is 0 Å². The number of nitrogens with zero attached hydrogens (tertiary/aromatic N) is 1. The summed E-state index contributed by atoms with van der Waals surface area (Å²) in [4.78, 5) is 7.70. The van der Waals surface area contributed by atoms with Crippen molar-refractivity contribution in [2.45, 2.75) is 13.0 Å². The van der Waals surface area contributed by atoms with Gasteiger partial charge in [0, 0.05) is 18.5 Å². The number of fused-ring (bicyclic) bond motifs is 1. The zero-order valence-electron chi connectivity index (χ0n) is 11.2. The lowest BCUT2D eigenvalue weighted by molar-refractivity contribution is 0.297. The van der Waals surface area contributed by atoms with Crippen LogP contribution in [0.1, 0.15) is 12.1 Å². The number of benzene rings is 1. The van der Waals surface area contributed by atoms with Crippen LogP contribution >= 0.6 is 15.9 Å². The number of rotatable bonds is 3. The predicted octanol–water partition coefficient (Wildman–Crippen LogP) is 2.72. The van der Waals surface area contributed by atoms with Crippen molar-refractivity contribution >= 4 is 15.9 Å². The summed E-state index contributed by atoms with van der Waals surface area (Å²) in [7, 11) is 1.91. The second kappa shape index (κ2) is 5.85. The van der Waals surface area contributed by atoms with E-state index in [1.165, 1.54) is 0 Å². The Morgan fingerprint density at radius 1 is 1.30 bits per heavy atom. The molecule has 2 heterocycles. The largest absolute Gasteiger partial charge is 0.490 e. The highest BCUT2D eigenvalue weighted by Crippen LogP contribution is 2.35. The molecule has 0 radical (unpaired) electrons. The lowest BCUT2D eigenvalue weighted by Gasteiger charge is -2.09. The van der Waals surface area contributed by atoms with Gasteiger partial charge in [0.15, 0.2) is 16.2 Å². The number of H-pyrrole nitrogens is 1. The molecule has 0 saturated heterocycles. The molecule has 2 aromatic rings. The highest BCUT2D eigenvalue weighted by Gasteiger charge is 2.15. The molecule has 0 amide bonds. The lowest BCUT2D eigenvalue weighted by atomic mass is 10.1. The summed E-state index contributed by atoms with van der Waals surface area (Å²) in [5.41, 5.74) is 2.97. The van der Waals surface area contributed by atoms with Crippen LogP contribution in [0.25, 0.3) is 11.3 Å². The lowest BCUT2D eigenvalue weighted by Crippen LogP contribution is -2.06. The highest BCUT2D eigenvalue weighted by molar-refractivity contribution is 9.10. The number of imidazole rings is 1. The van der Waals surface area contributed by atoms with E-state index in [1.807, 2.05) is 25.2 Å². The second-order valence-electron chi connectivity index (χ2n) is 4.60. The number of aromatic nitrogens is 2. The van der Waals surface area contributed by atoms with Gasteiger partial charge in [-0.15, -0.1) is 0 Å². The molecule has 0 aliphatic carbocycles. The molecule has 106 valence electrons. The molecule has 1 aliphatic rings. The Hall–Kier alpha value is -1.53. The standard InChI is InChI=1S/C14H16BrN3O2/c1-16-8-10-13(18-14(15)17-10)9-3-4-11-12(7-9)20-6-2-5-19-11/h3-4,7,16H,2,5-6,8H2,1H3,(H,17,18). The van der Waals surface area contributed by atoms with Gasteiger partial charge in [0.25, 0.3) is 0 Å². The van der Waals surface area contributed by atoms with Gasteiger partial charge < -0.3 is 19.8 Å². The summed E-state index contributed by atoms with van der Waals surface area (Å²) in [6.07, 6.45) is 0.906. The van der Waals surface area contributed by atoms with Crippen LogP contribution in [-0.4, -0.2) is 30.2 Å². The van der Waals surface area contributed by atoms with E-state index in [0.29, 0.717) is 13.2 Å². The third kappa shape index (κ3) is 2.66. The Balaban J connectivity index is 2.00. The first-order chi connectivity index (χ1) is 9.78. The maximum absolute atomic E-state index is 5.73. The molecule has 0 saturated carbocycles. The quantitative estimate of drug-likeness (QED) is 0.904. The number of halogens is 1. The average molecular weight is 338 g/mol. The third-order valence-corrected chi connectivity index (χ3v) is 3.50. The van der Waals surface area contributed by atoms with Gasteiger partial charge in [-0.05, 0) is 41.2 Å². The van der Waals surface area contributed by atoms with E-state index in [0.717, 1.165) is 46.1 Å². The monoisotopic (exact) mass is 337 g/mol. The van der Waals surface area contributed by atoms with Gasteiger partial charge in [0.05, 0.1) is 24.6 Å². The van der Waals surface area contributed by atoms with Crippen molar-refractivity contribution in [2.75, 3.05) is 20.3 Å². The third-order valence-electron chi connectivity index (χ3n) is 3.12. The van der Waals surface area contributed by atoms with E-state index in [1.54, 1.807) is 0 Å². The molecule has 1 aliphatic heterocycles. The molecule has 0 fully saturated rings. The Bertz CT molecular complexity index is 612. The van der Waals surface area contributed by atoms with Crippen LogP contribution in [0.15, 0.2) is 22.9 Å². The first kappa shape index (κ1) is 13.5. The average Bonchev–Trinajstić information content (AvgIpc) is 2.68. The maximum Gasteiger partial charge on any atom is 0.175 e. The van der Waals surface area contributed by atoms with Crippen molar-refractivity contribution in [3.63, 3.8) is 0 Å². The number of aromatic amines is 1. The van der Waals surface area contributed by atoms with E-state index >= 15 is 0 Å². The maximum atomic E-state index is 5.73. The summed E-state index contributed by atoms with van der Waals surface area (Å²) in [6, 6.07) is 5.94. The van der Waals surface area contributed by atoms with Gasteiger partial charge in [0.1, 0.15) is 0 Å². The van der Waals surface area contributed by atoms with Gasteiger partial charge in [-0.2, -0.15) is 0 Å². The highest BCUT2D eigenvalue weighted by atomic mass is 79.9. The molecule has 2 N–H and O–H groups in total. The SMILES string of the molecule is CNCc1[nH]c(Br)nc1-c1ccc2c(c1)OCCCO2. The summed E-state index contributed by atoms with van der Waals surface area (Å²) in [5, 5.41) is 3.13. The van der Waals surface area contributed by atoms with Gasteiger partial charge in [-0.3, -0.25) is 0 Å². The summed E-state index contributed by atoms with van der Waals surface area (Å²) >= 11 is 3.39. The molecule has 5 nitrogen and oxygen atoms in total. The minimum absolute atomic E-state index is 0.685. The van der Waals surface area contributed by atoms with Gasteiger partial charge in [-0.25, -0.2) is 4.98 Å². The zero-order valence-corrected chi connectivity index (χ0v) is 12.8. The van der Waals surface area contributed by atoms with Crippen molar-refractivity contribution in [2.24, 2.45) is 0 Å². The molecule has 0 bridgehead atoms. The summed E-state index contributed by atoms with van der Waals surface area (Å²) < 4.78 is 12.1. The van der Waals surface area contributed by atoms with Crippen LogP contribution in [0.5, 0.6) is 11.5 Å². The van der Waals surface area contributed by atoms with Crippen LogP contribution in [0, 0.1) is 0 Å². The molecule has 0 unspecified atom stereocenters. The molecule has 0 spiro atoms. The fourth-order valence-electron chi connectivity index (χ4n) is 2.23. The van der Waals surface area contributed by atoms with E-state index in [2.05, 4.69) is 31.2 Å². The first-order valence-electron chi connectivity index (χ1n) is 6.57. The van der Waals surface area contributed by atoms with Crippen molar-refractivity contribution < 1.29 is 9.47 Å². The normalized spacial score (nSPS) is 14.1. The first-order valence-corrected chi connectivity index (χ1v) is 7.36. The molecular weight excluding hydrogens is 322 g/mol. The minimum Gasteiger partial charge on any atom is -0.490 e. The Labute approximate surface area is 125 Å². The number of nitrogens with one attached hydrogen (secondary N) is 2. The molecule has 1 aromatic heterocycles. The van der Waals surface area contributed by atoms with Gasteiger partial charge >= 0.3 is 0 Å². The van der Waals surface area contributed by atoms with E-state index in [-0.39, 0.29) is 0 Å². The van der Waals surface area contributed by atoms with Crippen LogP contribution in [0.4, 0.5) is 0 Å². The molecule has 1 aromatic carbocycles. The fraction of sp³-hybridized carbons (Fsp3) is 0.357.